The van der Waals surface area contributed by atoms with Crippen molar-refractivity contribution in [2.24, 2.45) is 5.92 Å². The van der Waals surface area contributed by atoms with E-state index in [1.165, 1.54) is 18.4 Å². The van der Waals surface area contributed by atoms with Crippen molar-refractivity contribution in [1.82, 2.24) is 9.97 Å². The Morgan fingerprint density at radius 2 is 1.79 bits per heavy atom. The van der Waals surface area contributed by atoms with Crippen LogP contribution in [-0.4, -0.2) is 23.1 Å². The number of anilines is 1. The summed E-state index contributed by atoms with van der Waals surface area (Å²) in [6.07, 6.45) is 4.52. The van der Waals surface area contributed by atoms with E-state index in [0.29, 0.717) is 5.92 Å². The molecule has 1 aliphatic rings. The molecule has 0 aliphatic carbocycles. The van der Waals surface area contributed by atoms with E-state index >= 15 is 0 Å². The van der Waals surface area contributed by atoms with Crippen molar-refractivity contribution in [3.05, 3.63) is 17.5 Å². The molecule has 19 heavy (non-hydrogen) atoms. The molecule has 0 atom stereocenters. The lowest BCUT2D eigenvalue weighted by atomic mass is 9.99. The van der Waals surface area contributed by atoms with Crippen LogP contribution in [-0.2, 0) is 0 Å². The molecule has 1 fully saturated rings. The molecule has 108 valence electrons. The lowest BCUT2D eigenvalue weighted by Crippen LogP contribution is -2.34. The number of hydrogen-bond acceptors (Lipinski definition) is 3. The Morgan fingerprint density at radius 3 is 2.26 bits per heavy atom. The molecule has 0 amide bonds. The fraction of sp³-hybridized carbons (Fsp3) is 0.750. The van der Waals surface area contributed by atoms with Crippen LogP contribution >= 0.6 is 0 Å². The predicted molar refractivity (Wildman–Crippen MR) is 82.8 cm³/mol. The molecule has 0 bridgehead atoms. The zero-order valence-electron chi connectivity index (χ0n) is 13.4. The molecule has 0 unspecified atom stereocenters. The van der Waals surface area contributed by atoms with Gasteiger partial charge in [0.15, 0.2) is 0 Å². The number of hydrogen-bond donors (Lipinski definition) is 0. The van der Waals surface area contributed by atoms with E-state index in [4.69, 9.17) is 0 Å². The first-order chi connectivity index (χ1) is 9.08. The van der Waals surface area contributed by atoms with Gasteiger partial charge in [-0.3, -0.25) is 0 Å². The molecular formula is C16H29N3. The Hall–Kier alpha value is -1.12. The van der Waals surface area contributed by atoms with E-state index in [0.717, 1.165) is 30.6 Å². The van der Waals surface area contributed by atoms with E-state index in [-0.39, 0.29) is 0 Å². The number of piperidine rings is 1. The summed E-state index contributed by atoms with van der Waals surface area (Å²) in [6, 6.07) is 0. The van der Waals surface area contributed by atoms with Crippen LogP contribution in [0, 0.1) is 12.8 Å². The summed E-state index contributed by atoms with van der Waals surface area (Å²) in [5, 5.41) is 0. The van der Waals surface area contributed by atoms with Crippen molar-refractivity contribution >= 4 is 5.95 Å². The summed E-state index contributed by atoms with van der Waals surface area (Å²) in [5.41, 5.74) is 2.39. The molecule has 0 radical (unpaired) electrons. The third kappa shape index (κ3) is 4.19. The average Bonchev–Trinajstić information content (AvgIpc) is 2.41. The maximum Gasteiger partial charge on any atom is 0.225 e. The normalized spacial score (nSPS) is 16.3. The van der Waals surface area contributed by atoms with Crippen LogP contribution < -0.4 is 4.90 Å². The molecule has 3 heteroatoms. The van der Waals surface area contributed by atoms with Crippen LogP contribution in [0.25, 0.3) is 0 Å². The van der Waals surface area contributed by atoms with Crippen molar-refractivity contribution in [1.29, 1.82) is 0 Å². The van der Waals surface area contributed by atoms with Crippen molar-refractivity contribution in [3.63, 3.8) is 0 Å². The average molecular weight is 263 g/mol. The van der Waals surface area contributed by atoms with Crippen LogP contribution in [0.3, 0.4) is 0 Å². The molecule has 1 aromatic heterocycles. The quantitative estimate of drug-likeness (QED) is 0.802. The Bertz CT molecular complexity index is 380. The van der Waals surface area contributed by atoms with Gasteiger partial charge in [-0.2, -0.15) is 0 Å². The Balaban J connectivity index is 0.000000861. The van der Waals surface area contributed by atoms with E-state index in [9.17, 15) is 0 Å². The molecule has 1 aromatic rings. The van der Waals surface area contributed by atoms with Gasteiger partial charge in [-0.05, 0) is 37.2 Å². The summed E-state index contributed by atoms with van der Waals surface area (Å²) in [5.74, 6) is 2.27. The largest absolute Gasteiger partial charge is 0.341 e. The Labute approximate surface area is 118 Å². The highest BCUT2D eigenvalue weighted by molar-refractivity contribution is 5.34. The highest BCUT2D eigenvalue weighted by Crippen LogP contribution is 2.22. The number of aromatic nitrogens is 2. The summed E-state index contributed by atoms with van der Waals surface area (Å²) in [7, 11) is 0. The number of nitrogens with zero attached hydrogens (tertiary/aromatic N) is 3. The fourth-order valence-electron chi connectivity index (χ4n) is 2.39. The highest BCUT2D eigenvalue weighted by Gasteiger charge is 2.18. The van der Waals surface area contributed by atoms with E-state index in [2.05, 4.69) is 42.6 Å². The Morgan fingerprint density at radius 1 is 1.21 bits per heavy atom. The highest BCUT2D eigenvalue weighted by atomic mass is 15.2. The van der Waals surface area contributed by atoms with Crippen molar-refractivity contribution in [2.45, 2.75) is 60.3 Å². The molecule has 0 N–H and O–H groups in total. The van der Waals surface area contributed by atoms with Crippen LogP contribution in [0.4, 0.5) is 5.95 Å². The maximum atomic E-state index is 4.66. The molecule has 1 aliphatic heterocycles. The van der Waals surface area contributed by atoms with Gasteiger partial charge in [0.1, 0.15) is 0 Å². The van der Waals surface area contributed by atoms with Gasteiger partial charge in [0.05, 0.1) is 0 Å². The lowest BCUT2D eigenvalue weighted by molar-refractivity contribution is 0.434. The second kappa shape index (κ2) is 7.46. The predicted octanol–water partition coefficient (Wildman–Crippen LogP) is 4.17. The molecule has 0 spiro atoms. The minimum Gasteiger partial charge on any atom is -0.341 e. The molecular weight excluding hydrogens is 234 g/mol. The fourth-order valence-corrected chi connectivity index (χ4v) is 2.39. The van der Waals surface area contributed by atoms with E-state index in [1.54, 1.807) is 0 Å². The first-order valence-electron chi connectivity index (χ1n) is 7.66. The summed E-state index contributed by atoms with van der Waals surface area (Å²) in [6.45, 7) is 15.0. The third-order valence-corrected chi connectivity index (χ3v) is 3.69. The first kappa shape index (κ1) is 15.9. The van der Waals surface area contributed by atoms with E-state index in [1.807, 2.05) is 20.0 Å². The van der Waals surface area contributed by atoms with Gasteiger partial charge < -0.3 is 4.90 Å². The molecule has 0 saturated carbocycles. The summed E-state index contributed by atoms with van der Waals surface area (Å²) < 4.78 is 0. The maximum absolute atomic E-state index is 4.66. The topological polar surface area (TPSA) is 29.0 Å². The van der Waals surface area contributed by atoms with Gasteiger partial charge in [-0.25, -0.2) is 9.97 Å². The molecule has 2 rings (SSSR count). The zero-order chi connectivity index (χ0) is 14.4. The standard InChI is InChI=1S/C14H23N3.C2H6/c1-10(2)13-9-15-14(16-12(13)4)17-7-5-11(3)6-8-17;1-2/h9-11H,5-8H2,1-4H3;1-2H3. The van der Waals surface area contributed by atoms with Gasteiger partial charge in [0.2, 0.25) is 5.95 Å². The third-order valence-electron chi connectivity index (χ3n) is 3.69. The van der Waals surface area contributed by atoms with Gasteiger partial charge >= 0.3 is 0 Å². The SMILES string of the molecule is CC.Cc1nc(N2CCC(C)CC2)ncc1C(C)C. The van der Waals surface area contributed by atoms with Gasteiger partial charge in [0, 0.05) is 25.0 Å². The molecule has 2 heterocycles. The monoisotopic (exact) mass is 263 g/mol. The van der Waals surface area contributed by atoms with Gasteiger partial charge in [0.25, 0.3) is 0 Å². The lowest BCUT2D eigenvalue weighted by Gasteiger charge is -2.30. The minimum absolute atomic E-state index is 0.505. The molecule has 3 nitrogen and oxygen atoms in total. The smallest absolute Gasteiger partial charge is 0.225 e. The first-order valence-corrected chi connectivity index (χ1v) is 7.66. The van der Waals surface area contributed by atoms with Gasteiger partial charge in [-0.1, -0.05) is 34.6 Å². The van der Waals surface area contributed by atoms with Gasteiger partial charge in [-0.15, -0.1) is 0 Å². The summed E-state index contributed by atoms with van der Waals surface area (Å²) >= 11 is 0. The zero-order valence-corrected chi connectivity index (χ0v) is 13.4. The van der Waals surface area contributed by atoms with E-state index < -0.39 is 0 Å². The van der Waals surface area contributed by atoms with Crippen LogP contribution in [0.5, 0.6) is 0 Å². The Kier molecular flexibility index (Phi) is 6.26. The second-order valence-electron chi connectivity index (χ2n) is 5.54. The number of aryl methyl sites for hydroxylation is 1. The molecule has 1 saturated heterocycles. The van der Waals surface area contributed by atoms with Crippen molar-refractivity contribution in [2.75, 3.05) is 18.0 Å². The molecule has 0 aromatic carbocycles. The second-order valence-corrected chi connectivity index (χ2v) is 5.54. The van der Waals surface area contributed by atoms with Crippen LogP contribution in [0.2, 0.25) is 0 Å². The van der Waals surface area contributed by atoms with Crippen molar-refractivity contribution in [3.8, 4) is 0 Å². The van der Waals surface area contributed by atoms with Crippen LogP contribution in [0.1, 0.15) is 64.6 Å². The number of rotatable bonds is 2. The summed E-state index contributed by atoms with van der Waals surface area (Å²) in [4.78, 5) is 11.5. The minimum atomic E-state index is 0.505. The van der Waals surface area contributed by atoms with Crippen LogP contribution in [0.15, 0.2) is 6.20 Å². The van der Waals surface area contributed by atoms with Crippen molar-refractivity contribution < 1.29 is 0 Å².